The van der Waals surface area contributed by atoms with Gasteiger partial charge in [-0.1, -0.05) is 12.1 Å². The van der Waals surface area contributed by atoms with E-state index in [9.17, 15) is 0 Å². The van der Waals surface area contributed by atoms with E-state index in [1.54, 1.807) is 6.07 Å². The van der Waals surface area contributed by atoms with Crippen LogP contribution in [0.4, 0.5) is 0 Å². The molecule has 0 fully saturated rings. The maximum absolute atomic E-state index is 5.63. The van der Waals surface area contributed by atoms with Crippen molar-refractivity contribution in [3.63, 3.8) is 0 Å². The van der Waals surface area contributed by atoms with E-state index in [2.05, 4.69) is 10.2 Å². The number of aromatic nitrogens is 2. The van der Waals surface area contributed by atoms with Gasteiger partial charge < -0.3 is 9.47 Å². The van der Waals surface area contributed by atoms with Crippen molar-refractivity contribution >= 4 is 0 Å². The van der Waals surface area contributed by atoms with E-state index in [4.69, 9.17) is 9.47 Å². The lowest BCUT2D eigenvalue weighted by Crippen LogP contribution is -2.02. The molecule has 2 aromatic rings. The minimum atomic E-state index is 0.416. The third-order valence-electron chi connectivity index (χ3n) is 2.13. The molecule has 2 heterocycles. The summed E-state index contributed by atoms with van der Waals surface area (Å²) >= 11 is 0. The van der Waals surface area contributed by atoms with Crippen molar-refractivity contribution < 1.29 is 9.47 Å². The number of para-hydroxylation sites is 2. The standard InChI is InChI=1S/C11H8N2O2/c1-7-6-10-11(13-12-7)15-9-5-3-2-4-8(9)14-10/h2-6H,1H3. The summed E-state index contributed by atoms with van der Waals surface area (Å²) in [6.45, 7) is 1.86. The number of nitrogens with zero attached hydrogens (tertiary/aromatic N) is 2. The third-order valence-corrected chi connectivity index (χ3v) is 2.13. The van der Waals surface area contributed by atoms with Crippen LogP contribution in [0, 0.1) is 6.92 Å². The molecule has 4 nitrogen and oxygen atoms in total. The van der Waals surface area contributed by atoms with Crippen LogP contribution >= 0.6 is 0 Å². The van der Waals surface area contributed by atoms with Gasteiger partial charge in [0.05, 0.1) is 5.69 Å². The molecule has 0 radical (unpaired) electrons. The molecule has 1 aliphatic heterocycles. The normalized spacial score (nSPS) is 12.1. The van der Waals surface area contributed by atoms with Gasteiger partial charge >= 0.3 is 0 Å². The average Bonchev–Trinajstić information content (AvgIpc) is 2.26. The van der Waals surface area contributed by atoms with Gasteiger partial charge in [0.25, 0.3) is 5.88 Å². The molecule has 3 rings (SSSR count). The predicted octanol–water partition coefficient (Wildman–Crippen LogP) is 2.68. The summed E-state index contributed by atoms with van der Waals surface area (Å²) in [6.07, 6.45) is 0. The van der Waals surface area contributed by atoms with E-state index >= 15 is 0 Å². The zero-order valence-corrected chi connectivity index (χ0v) is 8.10. The smallest absolute Gasteiger partial charge is 0.282 e. The molecule has 0 unspecified atom stereocenters. The van der Waals surface area contributed by atoms with E-state index in [1.165, 1.54) is 0 Å². The van der Waals surface area contributed by atoms with Crippen LogP contribution in [0.3, 0.4) is 0 Å². The summed E-state index contributed by atoms with van der Waals surface area (Å²) in [5.41, 5.74) is 0.803. The monoisotopic (exact) mass is 200 g/mol. The molecule has 0 spiro atoms. The predicted molar refractivity (Wildman–Crippen MR) is 53.4 cm³/mol. The molecule has 15 heavy (non-hydrogen) atoms. The van der Waals surface area contributed by atoms with Crippen molar-refractivity contribution in [3.8, 4) is 23.1 Å². The van der Waals surface area contributed by atoms with Crippen LogP contribution in [0.15, 0.2) is 30.3 Å². The lowest BCUT2D eigenvalue weighted by atomic mass is 10.3. The first kappa shape index (κ1) is 8.23. The topological polar surface area (TPSA) is 44.2 Å². The van der Waals surface area contributed by atoms with Crippen LogP contribution in [-0.4, -0.2) is 10.2 Å². The fourth-order valence-electron chi connectivity index (χ4n) is 1.44. The SMILES string of the molecule is Cc1cc2c(nn1)Oc1ccccc1O2. The largest absolute Gasteiger partial charge is 0.448 e. The van der Waals surface area contributed by atoms with Gasteiger partial charge in [0.15, 0.2) is 17.2 Å². The second-order valence-electron chi connectivity index (χ2n) is 3.31. The highest BCUT2D eigenvalue weighted by atomic mass is 16.6. The molecule has 4 heteroatoms. The molecular weight excluding hydrogens is 192 g/mol. The van der Waals surface area contributed by atoms with Crippen molar-refractivity contribution in [2.75, 3.05) is 0 Å². The molecule has 1 aliphatic rings. The van der Waals surface area contributed by atoms with Crippen LogP contribution in [0.5, 0.6) is 23.1 Å². The second-order valence-corrected chi connectivity index (χ2v) is 3.31. The van der Waals surface area contributed by atoms with E-state index in [1.807, 2.05) is 31.2 Å². The fraction of sp³-hybridized carbons (Fsp3) is 0.0909. The van der Waals surface area contributed by atoms with Gasteiger partial charge in [-0.05, 0) is 19.1 Å². The van der Waals surface area contributed by atoms with Gasteiger partial charge in [-0.2, -0.15) is 5.10 Å². The Morgan fingerprint density at radius 2 is 1.67 bits per heavy atom. The summed E-state index contributed by atoms with van der Waals surface area (Å²) in [4.78, 5) is 0. The molecule has 1 aromatic heterocycles. The lowest BCUT2D eigenvalue weighted by Gasteiger charge is -2.18. The number of hydrogen-bond donors (Lipinski definition) is 0. The molecule has 74 valence electrons. The maximum atomic E-state index is 5.63. The number of rotatable bonds is 0. The molecule has 0 N–H and O–H groups in total. The first-order valence-electron chi connectivity index (χ1n) is 4.62. The molecule has 0 amide bonds. The summed E-state index contributed by atoms with van der Waals surface area (Å²) in [5.74, 6) is 2.40. The summed E-state index contributed by atoms with van der Waals surface area (Å²) in [6, 6.07) is 9.27. The first-order chi connectivity index (χ1) is 7.33. The quantitative estimate of drug-likeness (QED) is 0.559. The second kappa shape index (κ2) is 2.95. The molecule has 0 saturated heterocycles. The molecule has 0 atom stereocenters. The van der Waals surface area contributed by atoms with Gasteiger partial charge in [0.1, 0.15) is 0 Å². The van der Waals surface area contributed by atoms with Gasteiger partial charge in [-0.15, -0.1) is 5.10 Å². The van der Waals surface area contributed by atoms with Gasteiger partial charge in [-0.3, -0.25) is 0 Å². The van der Waals surface area contributed by atoms with Crippen LogP contribution in [0.25, 0.3) is 0 Å². The summed E-state index contributed by atoms with van der Waals surface area (Å²) < 4.78 is 11.2. The Morgan fingerprint density at radius 3 is 2.47 bits per heavy atom. The number of aryl methyl sites for hydroxylation is 1. The highest BCUT2D eigenvalue weighted by molar-refractivity contribution is 5.51. The van der Waals surface area contributed by atoms with E-state index < -0.39 is 0 Å². The minimum absolute atomic E-state index is 0.416. The zero-order chi connectivity index (χ0) is 10.3. The van der Waals surface area contributed by atoms with Crippen molar-refractivity contribution in [3.05, 3.63) is 36.0 Å². The number of fused-ring (bicyclic) bond motifs is 2. The Morgan fingerprint density at radius 1 is 0.933 bits per heavy atom. The van der Waals surface area contributed by atoms with Crippen LogP contribution in [0.2, 0.25) is 0 Å². The Kier molecular flexibility index (Phi) is 1.62. The molecule has 1 aromatic carbocycles. The zero-order valence-electron chi connectivity index (χ0n) is 8.10. The fourth-order valence-corrected chi connectivity index (χ4v) is 1.44. The van der Waals surface area contributed by atoms with Crippen molar-refractivity contribution in [2.24, 2.45) is 0 Å². The Labute approximate surface area is 86.5 Å². The first-order valence-corrected chi connectivity index (χ1v) is 4.62. The highest BCUT2D eigenvalue weighted by Gasteiger charge is 2.19. The number of hydrogen-bond acceptors (Lipinski definition) is 4. The molecule has 0 bridgehead atoms. The van der Waals surface area contributed by atoms with Gasteiger partial charge in [-0.25, -0.2) is 0 Å². The van der Waals surface area contributed by atoms with Crippen LogP contribution < -0.4 is 9.47 Å². The van der Waals surface area contributed by atoms with Crippen LogP contribution in [0.1, 0.15) is 5.69 Å². The van der Waals surface area contributed by atoms with Crippen LogP contribution in [-0.2, 0) is 0 Å². The third kappa shape index (κ3) is 1.30. The van der Waals surface area contributed by atoms with Crippen molar-refractivity contribution in [1.29, 1.82) is 0 Å². The van der Waals surface area contributed by atoms with E-state index in [0.29, 0.717) is 23.1 Å². The van der Waals surface area contributed by atoms with Crippen molar-refractivity contribution in [2.45, 2.75) is 6.92 Å². The van der Waals surface area contributed by atoms with E-state index in [0.717, 1.165) is 5.69 Å². The molecule has 0 aliphatic carbocycles. The van der Waals surface area contributed by atoms with Crippen molar-refractivity contribution in [1.82, 2.24) is 10.2 Å². The van der Waals surface area contributed by atoms with Gasteiger partial charge in [0.2, 0.25) is 0 Å². The molecule has 0 saturated carbocycles. The van der Waals surface area contributed by atoms with E-state index in [-0.39, 0.29) is 0 Å². The molecular formula is C11H8N2O2. The lowest BCUT2D eigenvalue weighted by molar-refractivity contribution is 0.342. The highest BCUT2D eigenvalue weighted by Crippen LogP contribution is 2.43. The number of benzene rings is 1. The average molecular weight is 200 g/mol. The Balaban J connectivity index is 2.11. The summed E-state index contributed by atoms with van der Waals surface area (Å²) in [7, 11) is 0. The number of ether oxygens (including phenoxy) is 2. The Bertz CT molecular complexity index is 526. The summed E-state index contributed by atoms with van der Waals surface area (Å²) in [5, 5.41) is 7.83. The Hall–Kier alpha value is -2.10. The minimum Gasteiger partial charge on any atom is -0.448 e. The maximum Gasteiger partial charge on any atom is 0.282 e. The van der Waals surface area contributed by atoms with Gasteiger partial charge in [0, 0.05) is 6.07 Å².